The molecule has 1 aliphatic heterocycles. The van der Waals surface area contributed by atoms with Crippen molar-refractivity contribution in [1.82, 2.24) is 10.2 Å². The first-order valence-corrected chi connectivity index (χ1v) is 7.55. The van der Waals surface area contributed by atoms with E-state index in [2.05, 4.69) is 32.7 Å². The van der Waals surface area contributed by atoms with E-state index in [1.807, 2.05) is 11.9 Å². The quantitative estimate of drug-likeness (QED) is 0.924. The Bertz CT molecular complexity index is 388. The summed E-state index contributed by atoms with van der Waals surface area (Å²) in [5, 5.41) is 5.32. The molecular weight excluding hydrogens is 300 g/mol. The number of likely N-dealkylation sites (N-methyl/N-ethyl adjacent to an activating group) is 1. The number of hydrogen-bond acceptors (Lipinski definition) is 3. The summed E-state index contributed by atoms with van der Waals surface area (Å²) in [6.07, 6.45) is 3.03. The maximum atomic E-state index is 12.0. The van der Waals surface area contributed by atoms with Crippen LogP contribution < -0.4 is 5.32 Å². The predicted molar refractivity (Wildman–Crippen MR) is 74.4 cm³/mol. The molecule has 1 aromatic heterocycles. The van der Waals surface area contributed by atoms with Gasteiger partial charge in [-0.2, -0.15) is 0 Å². The molecule has 3 nitrogen and oxygen atoms in total. The van der Waals surface area contributed by atoms with Crippen molar-refractivity contribution >= 4 is 33.2 Å². The molecule has 1 amide bonds. The van der Waals surface area contributed by atoms with Crippen LogP contribution in [0.4, 0.5) is 0 Å². The second-order valence-corrected chi connectivity index (χ2v) is 6.30. The van der Waals surface area contributed by atoms with Gasteiger partial charge in [0.05, 0.1) is 6.04 Å². The van der Waals surface area contributed by atoms with Crippen LogP contribution in [-0.2, 0) is 11.2 Å². The number of hydrogen-bond donors (Lipinski definition) is 1. The zero-order valence-corrected chi connectivity index (χ0v) is 12.3. The van der Waals surface area contributed by atoms with Gasteiger partial charge in [-0.15, -0.1) is 11.3 Å². The van der Waals surface area contributed by atoms with Gasteiger partial charge >= 0.3 is 0 Å². The molecule has 2 heterocycles. The molecule has 0 spiro atoms. The number of carbonyl (C=O) groups is 1. The normalized spacial score (nSPS) is 19.5. The van der Waals surface area contributed by atoms with Gasteiger partial charge in [-0.1, -0.05) is 0 Å². The van der Waals surface area contributed by atoms with Crippen LogP contribution in [0.1, 0.15) is 17.7 Å². The van der Waals surface area contributed by atoms with Crippen molar-refractivity contribution in [3.8, 4) is 0 Å². The Morgan fingerprint density at radius 2 is 2.53 bits per heavy atom. The van der Waals surface area contributed by atoms with E-state index in [0.29, 0.717) is 0 Å². The summed E-state index contributed by atoms with van der Waals surface area (Å²) < 4.78 is 1.13. The first-order valence-electron chi connectivity index (χ1n) is 5.88. The Kier molecular flexibility index (Phi) is 4.59. The number of carbonyl (C=O) groups excluding carboxylic acids is 1. The fourth-order valence-corrected chi connectivity index (χ4v) is 3.48. The molecule has 94 valence electrons. The number of thiophene rings is 1. The van der Waals surface area contributed by atoms with Crippen LogP contribution in [0.2, 0.25) is 0 Å². The van der Waals surface area contributed by atoms with E-state index in [-0.39, 0.29) is 11.9 Å². The largest absolute Gasteiger partial charge is 0.344 e. The molecule has 0 saturated carbocycles. The van der Waals surface area contributed by atoms with Gasteiger partial charge in [0.2, 0.25) is 5.91 Å². The van der Waals surface area contributed by atoms with Crippen LogP contribution in [0.25, 0.3) is 0 Å². The van der Waals surface area contributed by atoms with Gasteiger partial charge in [0.25, 0.3) is 0 Å². The van der Waals surface area contributed by atoms with E-state index in [1.165, 1.54) is 4.88 Å². The third kappa shape index (κ3) is 3.53. The van der Waals surface area contributed by atoms with E-state index >= 15 is 0 Å². The minimum atomic E-state index is 0.0510. The van der Waals surface area contributed by atoms with Crippen molar-refractivity contribution < 1.29 is 4.79 Å². The predicted octanol–water partition coefficient (Wildman–Crippen LogP) is 2.26. The zero-order valence-electron chi connectivity index (χ0n) is 9.91. The lowest BCUT2D eigenvalue weighted by Crippen LogP contribution is -2.42. The van der Waals surface area contributed by atoms with Gasteiger partial charge in [-0.3, -0.25) is 4.79 Å². The third-order valence-corrected chi connectivity index (χ3v) is 4.81. The highest BCUT2D eigenvalue weighted by Gasteiger charge is 2.24. The second kappa shape index (κ2) is 5.98. The highest BCUT2D eigenvalue weighted by Crippen LogP contribution is 2.20. The number of nitrogens with zero attached hydrogens (tertiary/aromatic N) is 1. The van der Waals surface area contributed by atoms with Gasteiger partial charge < -0.3 is 10.2 Å². The van der Waals surface area contributed by atoms with Crippen LogP contribution >= 0.6 is 27.3 Å². The number of halogens is 1. The monoisotopic (exact) mass is 316 g/mol. The Morgan fingerprint density at radius 1 is 1.71 bits per heavy atom. The highest BCUT2D eigenvalue weighted by molar-refractivity contribution is 9.10. The first kappa shape index (κ1) is 13.1. The van der Waals surface area contributed by atoms with Crippen LogP contribution in [0, 0.1) is 0 Å². The molecule has 5 heteroatoms. The van der Waals surface area contributed by atoms with Crippen molar-refractivity contribution in [2.24, 2.45) is 0 Å². The maximum absolute atomic E-state index is 12.0. The van der Waals surface area contributed by atoms with Crippen molar-refractivity contribution in [2.45, 2.75) is 25.3 Å². The molecule has 1 aliphatic rings. The first-order chi connectivity index (χ1) is 8.16. The van der Waals surface area contributed by atoms with Gasteiger partial charge in [0, 0.05) is 28.3 Å². The number of nitrogens with one attached hydrogen (secondary N) is 1. The lowest BCUT2D eigenvalue weighted by atomic mass is 10.2. The van der Waals surface area contributed by atoms with E-state index in [9.17, 15) is 4.79 Å². The van der Waals surface area contributed by atoms with E-state index < -0.39 is 0 Å². The molecule has 0 bridgehead atoms. The summed E-state index contributed by atoms with van der Waals surface area (Å²) in [5.41, 5.74) is 0. The molecule has 1 N–H and O–H groups in total. The number of amides is 1. The molecule has 1 aromatic rings. The Labute approximate surface area is 114 Å². The van der Waals surface area contributed by atoms with E-state index in [0.717, 1.165) is 36.8 Å². The maximum Gasteiger partial charge on any atom is 0.239 e. The van der Waals surface area contributed by atoms with Crippen LogP contribution in [0.5, 0.6) is 0 Å². The Morgan fingerprint density at radius 3 is 3.12 bits per heavy atom. The average molecular weight is 317 g/mol. The smallest absolute Gasteiger partial charge is 0.239 e. The minimum Gasteiger partial charge on any atom is -0.344 e. The lowest BCUT2D eigenvalue weighted by molar-refractivity contribution is -0.131. The van der Waals surface area contributed by atoms with Gasteiger partial charge in [-0.25, -0.2) is 0 Å². The molecule has 1 saturated heterocycles. The molecule has 2 rings (SSSR count). The third-order valence-electron chi connectivity index (χ3n) is 3.05. The van der Waals surface area contributed by atoms with Gasteiger partial charge in [0.1, 0.15) is 0 Å². The fourth-order valence-electron chi connectivity index (χ4n) is 2.03. The van der Waals surface area contributed by atoms with Gasteiger partial charge in [-0.05, 0) is 47.8 Å². The highest BCUT2D eigenvalue weighted by atomic mass is 79.9. The molecule has 1 fully saturated rings. The summed E-state index contributed by atoms with van der Waals surface area (Å²) in [7, 11) is 1.89. The van der Waals surface area contributed by atoms with Crippen LogP contribution in [0.3, 0.4) is 0 Å². The minimum absolute atomic E-state index is 0.0510. The molecular formula is C12H17BrN2OS. The Balaban J connectivity index is 1.80. The van der Waals surface area contributed by atoms with Gasteiger partial charge in [0.15, 0.2) is 0 Å². The molecule has 1 unspecified atom stereocenters. The van der Waals surface area contributed by atoms with Crippen molar-refractivity contribution in [3.05, 3.63) is 20.8 Å². The standard InChI is InChI=1S/C12H17BrN2OS/c1-15(12(16)11-3-2-5-14-11)6-4-10-7-9(13)8-17-10/h7-8,11,14H,2-6H2,1H3. The molecule has 0 aliphatic carbocycles. The van der Waals surface area contributed by atoms with Crippen molar-refractivity contribution in [1.29, 1.82) is 0 Å². The average Bonchev–Trinajstić information content (AvgIpc) is 2.95. The fraction of sp³-hybridized carbons (Fsp3) is 0.583. The summed E-state index contributed by atoms with van der Waals surface area (Å²) in [6, 6.07) is 2.17. The summed E-state index contributed by atoms with van der Waals surface area (Å²) >= 11 is 5.18. The second-order valence-electron chi connectivity index (χ2n) is 4.39. The molecule has 17 heavy (non-hydrogen) atoms. The van der Waals surface area contributed by atoms with E-state index in [4.69, 9.17) is 0 Å². The number of rotatable bonds is 4. The topological polar surface area (TPSA) is 32.3 Å². The van der Waals surface area contributed by atoms with E-state index in [1.54, 1.807) is 11.3 Å². The lowest BCUT2D eigenvalue weighted by Gasteiger charge is -2.20. The van der Waals surface area contributed by atoms with Crippen molar-refractivity contribution in [2.75, 3.05) is 20.1 Å². The summed E-state index contributed by atoms with van der Waals surface area (Å²) in [5.74, 6) is 0.234. The van der Waals surface area contributed by atoms with Crippen LogP contribution in [0.15, 0.2) is 15.9 Å². The van der Waals surface area contributed by atoms with Crippen molar-refractivity contribution in [3.63, 3.8) is 0 Å². The molecule has 1 atom stereocenters. The summed E-state index contributed by atoms with van der Waals surface area (Å²) in [6.45, 7) is 1.77. The Hall–Kier alpha value is -0.390. The molecule has 0 aromatic carbocycles. The SMILES string of the molecule is CN(CCc1cc(Br)cs1)C(=O)C1CCCN1. The summed E-state index contributed by atoms with van der Waals surface area (Å²) in [4.78, 5) is 15.2. The zero-order chi connectivity index (χ0) is 12.3. The molecule has 0 radical (unpaired) electrons. The van der Waals surface area contributed by atoms with Crippen LogP contribution in [-0.4, -0.2) is 37.0 Å².